The molecule has 6 heteroatoms. The van der Waals surface area contributed by atoms with Crippen LogP contribution in [0.25, 0.3) is 0 Å². The standard InChI is InChI=1S/C16H25N5O/c1-12-5-9-20(16(22)19-7-2-3-8-19)10-14(12)21-11-18-15-13(21)4-6-17-15/h6,12,14,18H,2-5,7-11H2,1H3. The Hall–Kier alpha value is -1.72. The first kappa shape index (κ1) is 13.9. The van der Waals surface area contributed by atoms with Gasteiger partial charge in [0, 0.05) is 38.8 Å². The maximum Gasteiger partial charge on any atom is 0.320 e. The zero-order valence-corrected chi connectivity index (χ0v) is 13.3. The third kappa shape index (κ3) is 2.25. The summed E-state index contributed by atoms with van der Waals surface area (Å²) < 4.78 is 0. The molecule has 0 aromatic heterocycles. The quantitative estimate of drug-likeness (QED) is 0.797. The maximum atomic E-state index is 12.7. The van der Waals surface area contributed by atoms with Gasteiger partial charge in [0.2, 0.25) is 0 Å². The Morgan fingerprint density at radius 2 is 2.09 bits per heavy atom. The van der Waals surface area contributed by atoms with Crippen molar-refractivity contribution in [2.24, 2.45) is 10.9 Å². The Bertz CT molecular complexity index is 523. The van der Waals surface area contributed by atoms with Crippen LogP contribution in [0, 0.1) is 5.92 Å². The molecular formula is C16H25N5O. The van der Waals surface area contributed by atoms with E-state index < -0.39 is 0 Å². The minimum atomic E-state index is 0.249. The molecule has 0 spiro atoms. The molecule has 0 aliphatic carbocycles. The number of urea groups is 1. The number of hydrogen-bond donors (Lipinski definition) is 1. The van der Waals surface area contributed by atoms with Gasteiger partial charge in [-0.05, 0) is 25.2 Å². The second-order valence-corrected chi connectivity index (χ2v) is 6.87. The molecular weight excluding hydrogens is 278 g/mol. The molecule has 4 heterocycles. The van der Waals surface area contributed by atoms with Crippen LogP contribution in [0.3, 0.4) is 0 Å². The molecule has 4 aliphatic rings. The van der Waals surface area contributed by atoms with Gasteiger partial charge in [-0.1, -0.05) is 6.92 Å². The van der Waals surface area contributed by atoms with E-state index in [1.165, 1.54) is 5.70 Å². The number of rotatable bonds is 1. The average Bonchev–Trinajstić information content (AvgIpc) is 3.25. The first-order chi connectivity index (χ1) is 10.7. The van der Waals surface area contributed by atoms with Crippen molar-refractivity contribution in [3.63, 3.8) is 0 Å². The highest BCUT2D eigenvalue weighted by Crippen LogP contribution is 2.31. The number of piperidine rings is 1. The normalized spacial score (nSPS) is 31.0. The van der Waals surface area contributed by atoms with Crippen LogP contribution in [0.5, 0.6) is 0 Å². The third-order valence-electron chi connectivity index (χ3n) is 5.51. The van der Waals surface area contributed by atoms with Gasteiger partial charge in [0.1, 0.15) is 5.82 Å². The van der Waals surface area contributed by atoms with Crippen molar-refractivity contribution in [3.05, 3.63) is 11.5 Å². The Morgan fingerprint density at radius 1 is 1.27 bits per heavy atom. The van der Waals surface area contributed by atoms with Crippen LogP contribution in [0.2, 0.25) is 0 Å². The predicted molar refractivity (Wildman–Crippen MR) is 85.3 cm³/mol. The summed E-state index contributed by atoms with van der Waals surface area (Å²) in [7, 11) is 0. The van der Waals surface area contributed by atoms with Gasteiger partial charge in [-0.2, -0.15) is 0 Å². The number of nitrogens with zero attached hydrogens (tertiary/aromatic N) is 4. The highest BCUT2D eigenvalue weighted by molar-refractivity contribution is 5.75. The van der Waals surface area contributed by atoms with E-state index in [9.17, 15) is 4.79 Å². The average molecular weight is 303 g/mol. The first-order valence-corrected chi connectivity index (χ1v) is 8.54. The summed E-state index contributed by atoms with van der Waals surface area (Å²) in [4.78, 5) is 23.6. The van der Waals surface area contributed by atoms with Crippen molar-refractivity contribution in [1.82, 2.24) is 20.0 Å². The summed E-state index contributed by atoms with van der Waals surface area (Å²) in [6, 6.07) is 0.653. The maximum absolute atomic E-state index is 12.7. The smallest absolute Gasteiger partial charge is 0.320 e. The van der Waals surface area contributed by atoms with Crippen molar-refractivity contribution in [3.8, 4) is 0 Å². The number of hydrogen-bond acceptors (Lipinski definition) is 4. The van der Waals surface area contributed by atoms with E-state index in [1.54, 1.807) is 0 Å². The van der Waals surface area contributed by atoms with Crippen LogP contribution in [0.15, 0.2) is 16.5 Å². The van der Waals surface area contributed by atoms with Crippen LogP contribution >= 0.6 is 0 Å². The molecule has 2 amide bonds. The molecule has 120 valence electrons. The van der Waals surface area contributed by atoms with Gasteiger partial charge in [-0.15, -0.1) is 0 Å². The summed E-state index contributed by atoms with van der Waals surface area (Å²) >= 11 is 0. The lowest BCUT2D eigenvalue weighted by Crippen LogP contribution is -2.55. The molecule has 2 unspecified atom stereocenters. The molecule has 0 radical (unpaired) electrons. The number of nitrogens with one attached hydrogen (secondary N) is 1. The molecule has 4 rings (SSSR count). The summed E-state index contributed by atoms with van der Waals surface area (Å²) in [6.45, 7) is 6.76. The van der Waals surface area contributed by atoms with E-state index in [4.69, 9.17) is 0 Å². The summed E-state index contributed by atoms with van der Waals surface area (Å²) in [6.07, 6.45) is 6.30. The molecule has 22 heavy (non-hydrogen) atoms. The number of likely N-dealkylation sites (tertiary alicyclic amines) is 2. The molecule has 2 saturated heterocycles. The van der Waals surface area contributed by atoms with Crippen molar-refractivity contribution < 1.29 is 4.79 Å². The largest absolute Gasteiger partial charge is 0.351 e. The van der Waals surface area contributed by atoms with E-state index in [0.29, 0.717) is 12.0 Å². The molecule has 6 nitrogen and oxygen atoms in total. The summed E-state index contributed by atoms with van der Waals surface area (Å²) in [5.41, 5.74) is 1.31. The second-order valence-electron chi connectivity index (χ2n) is 6.87. The third-order valence-corrected chi connectivity index (χ3v) is 5.51. The highest BCUT2D eigenvalue weighted by Gasteiger charge is 2.38. The zero-order valence-electron chi connectivity index (χ0n) is 13.3. The fourth-order valence-electron chi connectivity index (χ4n) is 4.11. The zero-order chi connectivity index (χ0) is 15.1. The van der Waals surface area contributed by atoms with Crippen LogP contribution in [-0.4, -0.2) is 65.8 Å². The van der Waals surface area contributed by atoms with E-state index in [-0.39, 0.29) is 6.03 Å². The minimum absolute atomic E-state index is 0.249. The molecule has 0 aromatic carbocycles. The first-order valence-electron chi connectivity index (χ1n) is 8.54. The van der Waals surface area contributed by atoms with Gasteiger partial charge in [0.05, 0.1) is 18.4 Å². The predicted octanol–water partition coefficient (Wildman–Crippen LogP) is 1.42. The number of aliphatic imine (C=N–C) groups is 1. The fourth-order valence-corrected chi connectivity index (χ4v) is 4.11. The second kappa shape index (κ2) is 5.48. The molecule has 1 N–H and O–H groups in total. The number of carbonyl (C=O) groups excluding carboxylic acids is 1. The summed E-state index contributed by atoms with van der Waals surface area (Å²) in [5.74, 6) is 1.65. The van der Waals surface area contributed by atoms with Gasteiger partial charge in [-0.3, -0.25) is 0 Å². The van der Waals surface area contributed by atoms with Crippen molar-refractivity contribution >= 4 is 12.2 Å². The summed E-state index contributed by atoms with van der Waals surface area (Å²) in [5, 5.41) is 3.38. The van der Waals surface area contributed by atoms with E-state index in [1.807, 2.05) is 11.1 Å². The molecule has 0 bridgehead atoms. The van der Waals surface area contributed by atoms with Crippen LogP contribution in [-0.2, 0) is 0 Å². The Labute approximate surface area is 131 Å². The van der Waals surface area contributed by atoms with Gasteiger partial charge in [0.25, 0.3) is 0 Å². The van der Waals surface area contributed by atoms with Crippen LogP contribution in [0.4, 0.5) is 4.79 Å². The Morgan fingerprint density at radius 3 is 2.91 bits per heavy atom. The van der Waals surface area contributed by atoms with Gasteiger partial charge in [0.15, 0.2) is 0 Å². The Kier molecular flexibility index (Phi) is 3.47. The van der Waals surface area contributed by atoms with E-state index in [2.05, 4.69) is 27.0 Å². The molecule has 0 saturated carbocycles. The van der Waals surface area contributed by atoms with Gasteiger partial charge >= 0.3 is 6.03 Å². The SMILES string of the molecule is CC1CCN(C(=O)N2CCCC2)CC1N1CNC2=C1CC=N2. The topological polar surface area (TPSA) is 51.2 Å². The van der Waals surface area contributed by atoms with Gasteiger partial charge < -0.3 is 20.0 Å². The highest BCUT2D eigenvalue weighted by atomic mass is 16.2. The molecule has 0 aromatic rings. The number of allylic oxidation sites excluding steroid dienone is 1. The van der Waals surface area contributed by atoms with Gasteiger partial charge in [-0.25, -0.2) is 9.79 Å². The van der Waals surface area contributed by atoms with E-state index >= 15 is 0 Å². The minimum Gasteiger partial charge on any atom is -0.351 e. The monoisotopic (exact) mass is 303 g/mol. The lowest BCUT2D eigenvalue weighted by atomic mass is 9.92. The fraction of sp³-hybridized carbons (Fsp3) is 0.750. The lowest BCUT2D eigenvalue weighted by molar-refractivity contribution is 0.0841. The van der Waals surface area contributed by atoms with E-state index in [0.717, 1.165) is 64.4 Å². The van der Waals surface area contributed by atoms with Crippen molar-refractivity contribution in [1.29, 1.82) is 0 Å². The molecule has 2 atom stereocenters. The lowest BCUT2D eigenvalue weighted by Gasteiger charge is -2.43. The molecule has 2 fully saturated rings. The number of carbonyl (C=O) groups is 1. The molecule has 4 aliphatic heterocycles. The number of amides is 2. The van der Waals surface area contributed by atoms with Crippen LogP contribution < -0.4 is 5.32 Å². The Balaban J connectivity index is 1.47. The van der Waals surface area contributed by atoms with Crippen molar-refractivity contribution in [2.75, 3.05) is 32.8 Å². The van der Waals surface area contributed by atoms with Crippen LogP contribution in [0.1, 0.15) is 32.6 Å². The van der Waals surface area contributed by atoms with Crippen molar-refractivity contribution in [2.45, 2.75) is 38.6 Å².